The predicted molar refractivity (Wildman–Crippen MR) is 68.0 cm³/mol. The highest BCUT2D eigenvalue weighted by Gasteiger charge is 2.22. The van der Waals surface area contributed by atoms with Crippen LogP contribution in [-0.2, 0) is 4.74 Å². The molecule has 0 radical (unpaired) electrons. The van der Waals surface area contributed by atoms with Gasteiger partial charge in [0.25, 0.3) is 0 Å². The molecule has 0 saturated carbocycles. The van der Waals surface area contributed by atoms with Crippen molar-refractivity contribution in [1.29, 1.82) is 0 Å². The monoisotopic (exact) mass is 278 g/mol. The average molecular weight is 279 g/mol. The third kappa shape index (κ3) is 3.83. The van der Waals surface area contributed by atoms with Crippen LogP contribution in [0.3, 0.4) is 0 Å². The molecule has 0 aliphatic rings. The molecule has 0 bridgehead atoms. The highest BCUT2D eigenvalue weighted by atomic mass is 35.5. The maximum Gasteiger partial charge on any atom is 0.351 e. The van der Waals surface area contributed by atoms with Gasteiger partial charge in [-0.1, -0.05) is 22.9 Å². The van der Waals surface area contributed by atoms with Crippen molar-refractivity contribution in [3.05, 3.63) is 10.0 Å². The van der Waals surface area contributed by atoms with E-state index in [2.05, 4.69) is 9.72 Å². The van der Waals surface area contributed by atoms with Crippen molar-refractivity contribution in [3.63, 3.8) is 0 Å². The summed E-state index contributed by atoms with van der Waals surface area (Å²) in [4.78, 5) is 17.4. The van der Waals surface area contributed by atoms with Crippen molar-refractivity contribution in [3.8, 4) is 0 Å². The molecule has 0 aromatic carbocycles. The third-order valence-electron chi connectivity index (χ3n) is 1.90. The van der Waals surface area contributed by atoms with Gasteiger partial charge in [0.1, 0.15) is 0 Å². The smallest absolute Gasteiger partial charge is 0.351 e. The lowest BCUT2D eigenvalue weighted by molar-refractivity contribution is 0.0606. The van der Waals surface area contributed by atoms with E-state index in [-0.39, 0.29) is 10.0 Å². The quantitative estimate of drug-likeness (QED) is 0.851. The van der Waals surface area contributed by atoms with Crippen LogP contribution in [-0.4, -0.2) is 42.4 Å². The fraction of sp³-hybridized carbons (Fsp3) is 0.600. The van der Waals surface area contributed by atoms with Gasteiger partial charge in [0, 0.05) is 13.6 Å². The first kappa shape index (κ1) is 14.2. The van der Waals surface area contributed by atoms with Crippen LogP contribution >= 0.6 is 22.9 Å². The van der Waals surface area contributed by atoms with Crippen molar-refractivity contribution < 1.29 is 14.6 Å². The van der Waals surface area contributed by atoms with Gasteiger partial charge in [-0.05, 0) is 13.8 Å². The number of likely N-dealkylation sites (N-methyl/N-ethyl adjacent to an activating group) is 1. The first-order valence-electron chi connectivity index (χ1n) is 4.93. The zero-order valence-corrected chi connectivity index (χ0v) is 11.7. The number of hydrogen-bond donors (Lipinski definition) is 1. The molecule has 0 fully saturated rings. The maximum atomic E-state index is 11.4. The van der Waals surface area contributed by atoms with Crippen LogP contribution in [0.25, 0.3) is 0 Å². The molecule has 5 nitrogen and oxygen atoms in total. The lowest BCUT2D eigenvalue weighted by atomic mass is 10.1. The summed E-state index contributed by atoms with van der Waals surface area (Å²) in [6.45, 7) is 3.78. The number of anilines is 1. The Morgan fingerprint density at radius 3 is 2.71 bits per heavy atom. The number of carbonyl (C=O) groups is 1. The Hall–Kier alpha value is -0.850. The van der Waals surface area contributed by atoms with E-state index in [1.807, 2.05) is 0 Å². The van der Waals surface area contributed by atoms with Gasteiger partial charge in [0.05, 0.1) is 12.7 Å². The number of hydrogen-bond acceptors (Lipinski definition) is 6. The summed E-state index contributed by atoms with van der Waals surface area (Å²) in [5.41, 5.74) is -0.849. The number of rotatable bonds is 4. The zero-order chi connectivity index (χ0) is 13.2. The third-order valence-corrected chi connectivity index (χ3v) is 3.43. The van der Waals surface area contributed by atoms with E-state index in [1.165, 1.54) is 7.11 Å². The average Bonchev–Trinajstić information content (AvgIpc) is 2.57. The highest BCUT2D eigenvalue weighted by Crippen LogP contribution is 2.30. The number of ether oxygens (including phenoxy) is 1. The van der Waals surface area contributed by atoms with Crippen LogP contribution in [0.4, 0.5) is 5.13 Å². The number of thiazole rings is 1. The summed E-state index contributed by atoms with van der Waals surface area (Å²) in [6, 6.07) is 0. The second kappa shape index (κ2) is 5.20. The van der Waals surface area contributed by atoms with Crippen molar-refractivity contribution in [2.45, 2.75) is 19.4 Å². The van der Waals surface area contributed by atoms with Crippen LogP contribution in [0, 0.1) is 0 Å². The first-order chi connectivity index (χ1) is 7.74. The molecule has 0 spiro atoms. The Morgan fingerprint density at radius 2 is 2.24 bits per heavy atom. The topological polar surface area (TPSA) is 62.7 Å². The molecule has 0 saturated heterocycles. The normalized spacial score (nSPS) is 11.4. The van der Waals surface area contributed by atoms with E-state index in [0.717, 1.165) is 11.3 Å². The van der Waals surface area contributed by atoms with Gasteiger partial charge in [0.15, 0.2) is 15.2 Å². The molecule has 96 valence electrons. The second-order valence-corrected chi connectivity index (χ2v) is 5.61. The molecular weight excluding hydrogens is 264 g/mol. The van der Waals surface area contributed by atoms with Crippen LogP contribution < -0.4 is 4.90 Å². The van der Waals surface area contributed by atoms with Gasteiger partial charge in [-0.2, -0.15) is 0 Å². The molecule has 1 heterocycles. The number of halogens is 1. The number of esters is 1. The summed E-state index contributed by atoms with van der Waals surface area (Å²) in [5, 5.41) is 10.4. The molecule has 1 aromatic rings. The van der Waals surface area contributed by atoms with Crippen molar-refractivity contribution in [2.75, 3.05) is 25.6 Å². The van der Waals surface area contributed by atoms with E-state index in [9.17, 15) is 9.90 Å². The van der Waals surface area contributed by atoms with E-state index < -0.39 is 11.6 Å². The van der Waals surface area contributed by atoms with Gasteiger partial charge < -0.3 is 14.7 Å². The van der Waals surface area contributed by atoms with E-state index in [1.54, 1.807) is 25.8 Å². The van der Waals surface area contributed by atoms with Gasteiger partial charge in [0.2, 0.25) is 0 Å². The largest absolute Gasteiger partial charge is 0.465 e. The Balaban J connectivity index is 2.90. The summed E-state index contributed by atoms with van der Waals surface area (Å²) in [5.74, 6) is -0.504. The second-order valence-electron chi connectivity index (χ2n) is 4.28. The van der Waals surface area contributed by atoms with Gasteiger partial charge in [-0.3, -0.25) is 0 Å². The standard InChI is InChI=1S/C10H15ClN2O3S/c1-10(2,15)5-13(3)9-12-7(11)6(17-9)8(14)16-4/h15H,5H2,1-4H3. The fourth-order valence-corrected chi connectivity index (χ4v) is 2.48. The summed E-state index contributed by atoms with van der Waals surface area (Å²) < 4.78 is 4.59. The molecule has 1 aromatic heterocycles. The molecule has 0 aliphatic carbocycles. The van der Waals surface area contributed by atoms with Crippen molar-refractivity contribution >= 4 is 34.0 Å². The molecule has 1 N–H and O–H groups in total. The van der Waals surface area contributed by atoms with Gasteiger partial charge in [-0.15, -0.1) is 0 Å². The fourth-order valence-electron chi connectivity index (χ4n) is 1.32. The van der Waals surface area contributed by atoms with Gasteiger partial charge in [-0.25, -0.2) is 9.78 Å². The van der Waals surface area contributed by atoms with Crippen LogP contribution in [0.15, 0.2) is 0 Å². The molecule has 17 heavy (non-hydrogen) atoms. The molecule has 7 heteroatoms. The Labute approximate surface area is 109 Å². The minimum absolute atomic E-state index is 0.124. The number of aromatic nitrogens is 1. The lowest BCUT2D eigenvalue weighted by Gasteiger charge is -2.24. The lowest BCUT2D eigenvalue weighted by Crippen LogP contribution is -2.36. The van der Waals surface area contributed by atoms with Gasteiger partial charge >= 0.3 is 5.97 Å². The Bertz CT molecular complexity index is 414. The molecule has 1 rings (SSSR count). The zero-order valence-electron chi connectivity index (χ0n) is 10.2. The van der Waals surface area contributed by atoms with Crippen LogP contribution in [0.2, 0.25) is 5.15 Å². The predicted octanol–water partition coefficient (Wildman–Crippen LogP) is 1.79. The minimum Gasteiger partial charge on any atom is -0.465 e. The maximum absolute atomic E-state index is 11.4. The summed E-state index contributed by atoms with van der Waals surface area (Å²) in [6.07, 6.45) is 0. The van der Waals surface area contributed by atoms with E-state index in [4.69, 9.17) is 11.6 Å². The Kier molecular flexibility index (Phi) is 4.35. The van der Waals surface area contributed by atoms with Crippen molar-refractivity contribution in [1.82, 2.24) is 4.98 Å². The Morgan fingerprint density at radius 1 is 1.65 bits per heavy atom. The molecule has 0 aliphatic heterocycles. The number of carbonyl (C=O) groups excluding carboxylic acids is 1. The van der Waals surface area contributed by atoms with E-state index in [0.29, 0.717) is 11.7 Å². The van der Waals surface area contributed by atoms with Crippen LogP contribution in [0.5, 0.6) is 0 Å². The molecular formula is C10H15ClN2O3S. The minimum atomic E-state index is -0.849. The molecule has 0 amide bonds. The van der Waals surface area contributed by atoms with Crippen molar-refractivity contribution in [2.24, 2.45) is 0 Å². The summed E-state index contributed by atoms with van der Waals surface area (Å²) >= 11 is 6.98. The SMILES string of the molecule is COC(=O)c1sc(N(C)CC(C)(C)O)nc1Cl. The van der Waals surface area contributed by atoms with E-state index >= 15 is 0 Å². The number of aliphatic hydroxyl groups is 1. The van der Waals surface area contributed by atoms with Crippen LogP contribution in [0.1, 0.15) is 23.5 Å². The highest BCUT2D eigenvalue weighted by molar-refractivity contribution is 7.18. The molecule has 0 unspecified atom stereocenters. The number of nitrogens with zero attached hydrogens (tertiary/aromatic N) is 2. The first-order valence-corrected chi connectivity index (χ1v) is 6.12. The molecule has 0 atom stereocenters. The number of methoxy groups -OCH3 is 1. The summed E-state index contributed by atoms with van der Waals surface area (Å²) in [7, 11) is 3.06.